The normalized spacial score (nSPS) is 24.9. The van der Waals surface area contributed by atoms with Crippen molar-refractivity contribution in [3.8, 4) is 0 Å². The Labute approximate surface area is 122 Å². The number of hydrogen-bond donors (Lipinski definition) is 2. The number of nitrogens with one attached hydrogen (secondary N) is 2. The molecule has 22 heavy (non-hydrogen) atoms. The highest BCUT2D eigenvalue weighted by Gasteiger charge is 2.59. The van der Waals surface area contributed by atoms with E-state index in [1.54, 1.807) is 5.32 Å². The van der Waals surface area contributed by atoms with Crippen LogP contribution >= 0.6 is 0 Å². The second kappa shape index (κ2) is 4.69. The minimum Gasteiger partial charge on any atom is -0.316 e. The molecule has 1 heterocycles. The van der Waals surface area contributed by atoms with Crippen LogP contribution in [-0.4, -0.2) is 12.2 Å². The minimum atomic E-state index is -5.03. The molecule has 2 amide bonds. The fourth-order valence-corrected chi connectivity index (χ4v) is 2.44. The number of anilines is 1. The molecule has 1 aromatic carbocycles. The van der Waals surface area contributed by atoms with Gasteiger partial charge in [0, 0.05) is 0 Å². The van der Waals surface area contributed by atoms with Gasteiger partial charge in [-0.25, -0.2) is 13.6 Å². The molecule has 2 N–H and O–H groups in total. The van der Waals surface area contributed by atoms with Crippen molar-refractivity contribution in [2.45, 2.75) is 24.6 Å². The van der Waals surface area contributed by atoms with Gasteiger partial charge in [-0.05, 0) is 37.0 Å². The summed E-state index contributed by atoms with van der Waals surface area (Å²) in [7, 11) is 0. The molecule has 1 fully saturated rings. The van der Waals surface area contributed by atoms with Gasteiger partial charge in [0.05, 0.1) is 11.3 Å². The van der Waals surface area contributed by atoms with Crippen LogP contribution in [0.4, 0.5) is 32.4 Å². The first kappa shape index (κ1) is 14.8. The molecular weight excluding hydrogens is 307 g/mol. The maximum atomic E-state index is 14.1. The summed E-state index contributed by atoms with van der Waals surface area (Å²) < 4.78 is 68.5. The quantitative estimate of drug-likeness (QED) is 0.631. The zero-order chi connectivity index (χ0) is 16.1. The summed E-state index contributed by atoms with van der Waals surface area (Å²) in [5.41, 5.74) is -4.45. The predicted octanol–water partition coefficient (Wildman–Crippen LogP) is 3.82. The minimum absolute atomic E-state index is 0.0360. The average molecular weight is 318 g/mol. The standard InChI is InChI=1S/C14H11F5N2O/c15-8-3-4-9-10(11(8)16)13(14(17,18)19,21-12(22)20-9)6-5-7-1-2-7/h3-7H,1-2H2,(H2,20,21,22)/b6-5+. The summed E-state index contributed by atoms with van der Waals surface area (Å²) in [6, 6.07) is 0.458. The zero-order valence-electron chi connectivity index (χ0n) is 11.1. The van der Waals surface area contributed by atoms with E-state index in [0.717, 1.165) is 18.9 Å². The van der Waals surface area contributed by atoms with Crippen molar-refractivity contribution in [2.24, 2.45) is 5.92 Å². The van der Waals surface area contributed by atoms with Gasteiger partial charge in [0.25, 0.3) is 0 Å². The summed E-state index contributed by atoms with van der Waals surface area (Å²) in [5, 5.41) is 3.78. The Hall–Kier alpha value is -2.12. The van der Waals surface area contributed by atoms with E-state index in [2.05, 4.69) is 5.32 Å². The first-order valence-electron chi connectivity index (χ1n) is 6.58. The first-order valence-corrected chi connectivity index (χ1v) is 6.58. The van der Waals surface area contributed by atoms with Crippen LogP contribution in [0.25, 0.3) is 0 Å². The SMILES string of the molecule is O=C1Nc2ccc(F)c(F)c2C(/C=C/C2CC2)(C(F)(F)F)N1. The van der Waals surface area contributed by atoms with Gasteiger partial charge in [-0.1, -0.05) is 6.08 Å². The molecule has 1 saturated carbocycles. The van der Waals surface area contributed by atoms with Crippen LogP contribution in [-0.2, 0) is 5.54 Å². The lowest BCUT2D eigenvalue weighted by Crippen LogP contribution is -2.59. The third kappa shape index (κ3) is 2.22. The Bertz CT molecular complexity index is 666. The van der Waals surface area contributed by atoms with Crippen molar-refractivity contribution in [3.63, 3.8) is 0 Å². The Morgan fingerprint density at radius 1 is 1.23 bits per heavy atom. The summed E-state index contributed by atoms with van der Waals surface area (Å²) >= 11 is 0. The topological polar surface area (TPSA) is 41.1 Å². The number of halogens is 5. The number of amides is 2. The summed E-state index contributed by atoms with van der Waals surface area (Å²) in [4.78, 5) is 11.6. The monoisotopic (exact) mass is 318 g/mol. The van der Waals surface area contributed by atoms with Gasteiger partial charge in [-0.15, -0.1) is 0 Å². The molecule has 0 radical (unpaired) electrons. The van der Waals surface area contributed by atoms with Crippen LogP contribution < -0.4 is 10.6 Å². The fourth-order valence-electron chi connectivity index (χ4n) is 2.44. The van der Waals surface area contributed by atoms with Gasteiger partial charge < -0.3 is 10.6 Å². The van der Waals surface area contributed by atoms with Gasteiger partial charge in [0.15, 0.2) is 17.2 Å². The van der Waals surface area contributed by atoms with Crippen LogP contribution in [0.1, 0.15) is 18.4 Å². The first-order chi connectivity index (χ1) is 10.2. The lowest BCUT2D eigenvalue weighted by atomic mass is 9.84. The van der Waals surface area contributed by atoms with E-state index >= 15 is 0 Å². The Balaban J connectivity index is 2.25. The lowest BCUT2D eigenvalue weighted by Gasteiger charge is -2.39. The number of carbonyl (C=O) groups is 1. The second-order valence-electron chi connectivity index (χ2n) is 5.37. The molecule has 1 aliphatic heterocycles. The summed E-state index contributed by atoms with van der Waals surface area (Å²) in [6.07, 6.45) is -1.57. The van der Waals surface area contributed by atoms with E-state index in [1.807, 2.05) is 0 Å². The highest BCUT2D eigenvalue weighted by Crippen LogP contribution is 2.47. The van der Waals surface area contributed by atoms with Crippen molar-refractivity contribution in [1.29, 1.82) is 0 Å². The molecule has 1 aromatic rings. The number of rotatable bonds is 2. The van der Waals surface area contributed by atoms with Crippen molar-refractivity contribution in [2.75, 3.05) is 5.32 Å². The number of fused-ring (bicyclic) bond motifs is 1. The molecule has 1 atom stereocenters. The van der Waals surface area contributed by atoms with Crippen molar-refractivity contribution in [3.05, 3.63) is 41.5 Å². The zero-order valence-corrected chi connectivity index (χ0v) is 11.1. The van der Waals surface area contributed by atoms with Gasteiger partial charge >= 0.3 is 12.2 Å². The maximum Gasteiger partial charge on any atom is 0.419 e. The van der Waals surface area contributed by atoms with Crippen LogP contribution in [0.15, 0.2) is 24.3 Å². The third-order valence-electron chi connectivity index (χ3n) is 3.74. The Morgan fingerprint density at radius 2 is 1.91 bits per heavy atom. The number of benzene rings is 1. The number of urea groups is 1. The maximum absolute atomic E-state index is 14.1. The highest BCUT2D eigenvalue weighted by atomic mass is 19.4. The molecule has 2 aliphatic rings. The van der Waals surface area contributed by atoms with Crippen LogP contribution in [0.5, 0.6) is 0 Å². The molecule has 0 bridgehead atoms. The number of carbonyl (C=O) groups excluding carboxylic acids is 1. The molecule has 0 spiro atoms. The highest BCUT2D eigenvalue weighted by molar-refractivity contribution is 5.94. The van der Waals surface area contributed by atoms with E-state index in [-0.39, 0.29) is 5.92 Å². The molecule has 1 unspecified atom stereocenters. The van der Waals surface area contributed by atoms with Gasteiger partial charge in [0.1, 0.15) is 0 Å². The van der Waals surface area contributed by atoms with Crippen LogP contribution in [0.2, 0.25) is 0 Å². The molecular formula is C14H11F5N2O. The fraction of sp³-hybridized carbons (Fsp3) is 0.357. The lowest BCUT2D eigenvalue weighted by molar-refractivity contribution is -0.182. The molecule has 0 aromatic heterocycles. The summed E-state index contributed by atoms with van der Waals surface area (Å²) in [6.45, 7) is 0. The smallest absolute Gasteiger partial charge is 0.316 e. The van der Waals surface area contributed by atoms with E-state index in [4.69, 9.17) is 0 Å². The van der Waals surface area contributed by atoms with Gasteiger partial charge in [-0.3, -0.25) is 0 Å². The van der Waals surface area contributed by atoms with Crippen LogP contribution in [0.3, 0.4) is 0 Å². The van der Waals surface area contributed by atoms with E-state index in [0.29, 0.717) is 12.1 Å². The Morgan fingerprint density at radius 3 is 2.50 bits per heavy atom. The number of hydrogen-bond acceptors (Lipinski definition) is 1. The largest absolute Gasteiger partial charge is 0.419 e. The summed E-state index contributed by atoms with van der Waals surface area (Å²) in [5.74, 6) is -3.08. The third-order valence-corrected chi connectivity index (χ3v) is 3.74. The van der Waals surface area contributed by atoms with E-state index < -0.39 is 40.6 Å². The van der Waals surface area contributed by atoms with Crippen molar-refractivity contribution in [1.82, 2.24) is 5.32 Å². The van der Waals surface area contributed by atoms with E-state index in [1.165, 1.54) is 6.08 Å². The molecule has 3 nitrogen and oxygen atoms in total. The Kier molecular flexibility index (Phi) is 3.15. The molecule has 8 heteroatoms. The van der Waals surface area contributed by atoms with E-state index in [9.17, 15) is 26.7 Å². The van der Waals surface area contributed by atoms with Gasteiger partial charge in [-0.2, -0.15) is 13.2 Å². The predicted molar refractivity (Wildman–Crippen MR) is 68.1 cm³/mol. The molecule has 3 rings (SSSR count). The second-order valence-corrected chi connectivity index (χ2v) is 5.37. The number of alkyl halides is 3. The van der Waals surface area contributed by atoms with Gasteiger partial charge in [0.2, 0.25) is 0 Å². The molecule has 0 saturated heterocycles. The molecule has 118 valence electrons. The average Bonchev–Trinajstić information content (AvgIpc) is 3.23. The number of allylic oxidation sites excluding steroid dienone is 1. The van der Waals surface area contributed by atoms with Crippen LogP contribution in [0, 0.1) is 17.6 Å². The van der Waals surface area contributed by atoms with Crippen molar-refractivity contribution >= 4 is 11.7 Å². The van der Waals surface area contributed by atoms with Crippen molar-refractivity contribution < 1.29 is 26.7 Å². The molecule has 1 aliphatic carbocycles.